The lowest BCUT2D eigenvalue weighted by molar-refractivity contribution is 0.189. The molecule has 0 bridgehead atoms. The molecule has 6 rings (SSSR count). The highest BCUT2D eigenvalue weighted by atomic mass is 16.5. The van der Waals surface area contributed by atoms with Crippen LogP contribution in [0.25, 0.3) is 11.4 Å². The number of aryl methyl sites for hydroxylation is 1. The molecule has 30 heavy (non-hydrogen) atoms. The fraction of sp³-hybridized carbons (Fsp3) is 0.280. The van der Waals surface area contributed by atoms with Gasteiger partial charge < -0.3 is 4.52 Å². The van der Waals surface area contributed by atoms with E-state index in [1.54, 1.807) is 6.20 Å². The molecule has 0 aliphatic heterocycles. The van der Waals surface area contributed by atoms with Gasteiger partial charge >= 0.3 is 0 Å². The first-order chi connectivity index (χ1) is 14.8. The molecule has 0 radical (unpaired) electrons. The fourth-order valence-electron chi connectivity index (χ4n) is 5.68. The van der Waals surface area contributed by atoms with E-state index in [-0.39, 0.29) is 11.3 Å². The fourth-order valence-corrected chi connectivity index (χ4v) is 5.68. The minimum atomic E-state index is -0.216. The van der Waals surface area contributed by atoms with Crippen LogP contribution >= 0.6 is 0 Å². The third kappa shape index (κ3) is 2.41. The number of pyridine rings is 1. The average Bonchev–Trinajstić information content (AvgIpc) is 3.28. The molecule has 148 valence electrons. The molecular formula is C25H22N4O. The molecular weight excluding hydrogens is 372 g/mol. The van der Waals surface area contributed by atoms with Crippen molar-refractivity contribution in [3.63, 3.8) is 0 Å². The van der Waals surface area contributed by atoms with Gasteiger partial charge in [-0.05, 0) is 48.4 Å². The first-order valence-electron chi connectivity index (χ1n) is 10.5. The zero-order valence-electron chi connectivity index (χ0n) is 16.8. The van der Waals surface area contributed by atoms with Crippen molar-refractivity contribution in [3.05, 3.63) is 95.4 Å². The Balaban J connectivity index is 1.63. The Bertz CT molecular complexity index is 1200. The molecule has 0 amide bonds. The molecule has 0 fully saturated rings. The molecule has 0 saturated heterocycles. The zero-order valence-corrected chi connectivity index (χ0v) is 16.8. The molecule has 3 aromatic heterocycles. The van der Waals surface area contributed by atoms with Crippen molar-refractivity contribution in [2.45, 2.75) is 37.5 Å². The molecule has 4 aromatic rings. The summed E-state index contributed by atoms with van der Waals surface area (Å²) in [7, 11) is 0. The topological polar surface area (TPSA) is 64.7 Å². The van der Waals surface area contributed by atoms with Gasteiger partial charge in [0.05, 0.1) is 11.9 Å². The molecule has 2 aliphatic rings. The third-order valence-electron chi connectivity index (χ3n) is 7.02. The molecule has 1 aromatic carbocycles. The van der Waals surface area contributed by atoms with Crippen LogP contribution in [0.15, 0.2) is 71.8 Å². The van der Waals surface area contributed by atoms with Crippen LogP contribution in [0.4, 0.5) is 0 Å². The summed E-state index contributed by atoms with van der Waals surface area (Å²) in [6.45, 7) is 2.28. The number of hydrogen-bond donors (Lipinski definition) is 0. The first-order valence-corrected chi connectivity index (χ1v) is 10.5. The Hall–Kier alpha value is -3.34. The van der Waals surface area contributed by atoms with E-state index in [9.17, 15) is 0 Å². The van der Waals surface area contributed by atoms with Crippen molar-refractivity contribution in [1.29, 1.82) is 0 Å². The lowest BCUT2D eigenvalue weighted by Gasteiger charge is -2.49. The van der Waals surface area contributed by atoms with Crippen LogP contribution in [0.2, 0.25) is 0 Å². The van der Waals surface area contributed by atoms with E-state index in [0.717, 1.165) is 42.1 Å². The lowest BCUT2D eigenvalue weighted by Crippen LogP contribution is -2.48. The summed E-state index contributed by atoms with van der Waals surface area (Å²) in [5.41, 5.74) is 5.63. The highest BCUT2D eigenvalue weighted by Crippen LogP contribution is 2.56. The van der Waals surface area contributed by atoms with Crippen molar-refractivity contribution in [1.82, 2.24) is 20.1 Å². The Morgan fingerprint density at radius 2 is 1.90 bits per heavy atom. The molecule has 0 saturated carbocycles. The Morgan fingerprint density at radius 1 is 1.00 bits per heavy atom. The second-order valence-electron chi connectivity index (χ2n) is 8.47. The van der Waals surface area contributed by atoms with Gasteiger partial charge in [0.15, 0.2) is 5.82 Å². The van der Waals surface area contributed by atoms with E-state index >= 15 is 0 Å². The summed E-state index contributed by atoms with van der Waals surface area (Å²) in [6.07, 6.45) is 10.4. The van der Waals surface area contributed by atoms with Gasteiger partial charge in [-0.25, -0.2) is 9.97 Å². The molecule has 3 heterocycles. The van der Waals surface area contributed by atoms with Crippen molar-refractivity contribution >= 4 is 0 Å². The number of nitrogens with zero attached hydrogens (tertiary/aromatic N) is 4. The maximum Gasteiger partial charge on any atom is 0.160 e. The maximum atomic E-state index is 5.69. The Morgan fingerprint density at radius 3 is 2.73 bits per heavy atom. The molecule has 2 aliphatic carbocycles. The predicted molar refractivity (Wildman–Crippen MR) is 113 cm³/mol. The van der Waals surface area contributed by atoms with Gasteiger partial charge in [0, 0.05) is 41.1 Å². The van der Waals surface area contributed by atoms with Crippen molar-refractivity contribution in [2.24, 2.45) is 5.92 Å². The van der Waals surface area contributed by atoms with E-state index in [1.807, 2.05) is 30.7 Å². The van der Waals surface area contributed by atoms with Gasteiger partial charge in [0.25, 0.3) is 0 Å². The number of benzene rings is 1. The van der Waals surface area contributed by atoms with E-state index in [1.165, 1.54) is 16.7 Å². The van der Waals surface area contributed by atoms with E-state index in [0.29, 0.717) is 5.92 Å². The van der Waals surface area contributed by atoms with E-state index < -0.39 is 0 Å². The molecule has 3 atom stereocenters. The highest BCUT2D eigenvalue weighted by molar-refractivity contribution is 5.56. The summed E-state index contributed by atoms with van der Waals surface area (Å²) in [5, 5.41) is 4.14. The maximum absolute atomic E-state index is 5.69. The first kappa shape index (κ1) is 17.5. The van der Waals surface area contributed by atoms with Crippen LogP contribution in [0.5, 0.6) is 0 Å². The van der Waals surface area contributed by atoms with Crippen LogP contribution in [-0.4, -0.2) is 20.1 Å². The number of rotatable bonds is 2. The Kier molecular flexibility index (Phi) is 3.85. The number of aromatic nitrogens is 4. The molecule has 0 unspecified atom stereocenters. The minimum absolute atomic E-state index is 0.216. The van der Waals surface area contributed by atoms with E-state index in [2.05, 4.69) is 47.4 Å². The van der Waals surface area contributed by atoms with Gasteiger partial charge in [-0.15, -0.1) is 0 Å². The summed E-state index contributed by atoms with van der Waals surface area (Å²) < 4.78 is 5.69. The van der Waals surface area contributed by atoms with Gasteiger partial charge in [-0.1, -0.05) is 42.4 Å². The number of hydrogen-bond acceptors (Lipinski definition) is 5. The summed E-state index contributed by atoms with van der Waals surface area (Å²) in [5.74, 6) is 2.45. The Labute approximate surface area is 175 Å². The largest absolute Gasteiger partial charge is 0.361 e. The summed E-state index contributed by atoms with van der Waals surface area (Å²) in [6, 6.07) is 14.8. The van der Waals surface area contributed by atoms with E-state index in [4.69, 9.17) is 14.5 Å². The van der Waals surface area contributed by atoms with Crippen molar-refractivity contribution < 1.29 is 4.52 Å². The quantitative estimate of drug-likeness (QED) is 0.492. The smallest absolute Gasteiger partial charge is 0.160 e. The van der Waals surface area contributed by atoms with Crippen LogP contribution < -0.4 is 0 Å². The van der Waals surface area contributed by atoms with Crippen molar-refractivity contribution in [3.8, 4) is 11.4 Å². The van der Waals surface area contributed by atoms with Crippen molar-refractivity contribution in [2.75, 3.05) is 0 Å². The van der Waals surface area contributed by atoms with Crippen LogP contribution in [-0.2, 0) is 18.3 Å². The van der Waals surface area contributed by atoms with Gasteiger partial charge in [0.1, 0.15) is 5.76 Å². The average molecular weight is 394 g/mol. The normalized spacial score (nSPS) is 24.6. The zero-order chi connectivity index (χ0) is 20.1. The minimum Gasteiger partial charge on any atom is -0.361 e. The second kappa shape index (κ2) is 6.59. The SMILES string of the molecule is C[C@@H]1c2oncc2C[C@]2(c3ccccc3)c3nc(-c4cccnc4)ncc3CC[C@@H]12. The monoisotopic (exact) mass is 394 g/mol. The standard InChI is InChI=1S/C25H22N4O/c1-16-21-10-9-17-14-27-24(18-6-5-11-26-13-18)29-23(17)25(21,20-7-3-2-4-8-20)12-19-15-28-30-22(16)19/h2-8,11,13-16,21H,9-10,12H2,1H3/t16-,21-,25+/m0/s1. The summed E-state index contributed by atoms with van der Waals surface area (Å²) >= 11 is 0. The number of fused-ring (bicyclic) bond motifs is 4. The molecule has 5 heteroatoms. The van der Waals surface area contributed by atoms with Crippen LogP contribution in [0, 0.1) is 5.92 Å². The van der Waals surface area contributed by atoms with Gasteiger partial charge in [-0.3, -0.25) is 4.98 Å². The lowest BCUT2D eigenvalue weighted by atomic mass is 9.53. The van der Waals surface area contributed by atoms with Crippen LogP contribution in [0.1, 0.15) is 47.4 Å². The summed E-state index contributed by atoms with van der Waals surface area (Å²) in [4.78, 5) is 14.2. The molecule has 0 spiro atoms. The van der Waals surface area contributed by atoms with Crippen LogP contribution in [0.3, 0.4) is 0 Å². The molecule has 5 nitrogen and oxygen atoms in total. The second-order valence-corrected chi connectivity index (χ2v) is 8.47. The predicted octanol–water partition coefficient (Wildman–Crippen LogP) is 4.73. The highest BCUT2D eigenvalue weighted by Gasteiger charge is 2.53. The van der Waals surface area contributed by atoms with Gasteiger partial charge in [0.2, 0.25) is 0 Å². The van der Waals surface area contributed by atoms with Gasteiger partial charge in [-0.2, -0.15) is 0 Å². The third-order valence-corrected chi connectivity index (χ3v) is 7.02. The molecule has 0 N–H and O–H groups in total.